The molecule has 8 nitrogen and oxygen atoms in total. The molecule has 0 spiro atoms. The highest BCUT2D eigenvalue weighted by molar-refractivity contribution is 5.95. The van der Waals surface area contributed by atoms with Crippen molar-refractivity contribution >= 4 is 17.5 Å². The Hall–Kier alpha value is -3.68. The van der Waals surface area contributed by atoms with Crippen LogP contribution in [0, 0.1) is 0 Å². The smallest absolute Gasteiger partial charge is 0.271 e. The second-order valence-electron chi connectivity index (χ2n) is 6.36. The molecule has 1 aliphatic rings. The van der Waals surface area contributed by atoms with Crippen LogP contribution in [0.25, 0.3) is 0 Å². The summed E-state index contributed by atoms with van der Waals surface area (Å²) in [6.45, 7) is 4.93. The van der Waals surface area contributed by atoms with Crippen molar-refractivity contribution < 1.29 is 14.3 Å². The lowest BCUT2D eigenvalue weighted by Crippen LogP contribution is -2.43. The quantitative estimate of drug-likeness (QED) is 0.508. The molecule has 0 fully saturated rings. The molecule has 2 amide bonds. The van der Waals surface area contributed by atoms with Crippen molar-refractivity contribution in [2.75, 3.05) is 24.8 Å². The minimum absolute atomic E-state index is 0.200. The van der Waals surface area contributed by atoms with Gasteiger partial charge in [0.1, 0.15) is 11.4 Å². The summed E-state index contributed by atoms with van der Waals surface area (Å²) < 4.78 is 5.36. The summed E-state index contributed by atoms with van der Waals surface area (Å²) in [5, 5.41) is 7.26. The van der Waals surface area contributed by atoms with E-state index in [0.29, 0.717) is 36.7 Å². The molecule has 0 radical (unpaired) electrons. The number of para-hydroxylation sites is 1. The molecule has 152 valence electrons. The molecule has 29 heavy (non-hydrogen) atoms. The topological polar surface area (TPSA) is 94.7 Å². The van der Waals surface area contributed by atoms with E-state index in [1.165, 1.54) is 0 Å². The van der Waals surface area contributed by atoms with Crippen LogP contribution in [0.15, 0.2) is 66.0 Å². The van der Waals surface area contributed by atoms with Crippen LogP contribution in [-0.4, -0.2) is 31.5 Å². The summed E-state index contributed by atoms with van der Waals surface area (Å²) in [4.78, 5) is 24.6. The highest BCUT2D eigenvalue weighted by atomic mass is 16.5. The lowest BCUT2D eigenvalue weighted by molar-refractivity contribution is -0.117. The van der Waals surface area contributed by atoms with Crippen molar-refractivity contribution in [1.29, 1.82) is 0 Å². The maximum absolute atomic E-state index is 12.4. The SMILES string of the molecule is CCOc1ccc(C(=O)NCCNC(=O)C2=C(C)NN(c3ccccc3)N2)cc1. The first kappa shape index (κ1) is 20.1. The average molecular weight is 395 g/mol. The number of amides is 2. The fourth-order valence-electron chi connectivity index (χ4n) is 2.79. The fourth-order valence-corrected chi connectivity index (χ4v) is 2.79. The van der Waals surface area contributed by atoms with Crippen molar-refractivity contribution in [3.63, 3.8) is 0 Å². The molecule has 0 aliphatic carbocycles. The van der Waals surface area contributed by atoms with Crippen LogP contribution in [0.4, 0.5) is 5.69 Å². The fraction of sp³-hybridized carbons (Fsp3) is 0.238. The zero-order valence-electron chi connectivity index (χ0n) is 16.5. The van der Waals surface area contributed by atoms with Crippen molar-refractivity contribution in [2.24, 2.45) is 0 Å². The number of benzene rings is 2. The van der Waals surface area contributed by atoms with Gasteiger partial charge in [0.15, 0.2) is 0 Å². The number of anilines is 1. The highest BCUT2D eigenvalue weighted by Gasteiger charge is 2.23. The maximum atomic E-state index is 12.4. The molecule has 0 saturated heterocycles. The summed E-state index contributed by atoms with van der Waals surface area (Å²) >= 11 is 0. The van der Waals surface area contributed by atoms with Crippen molar-refractivity contribution in [3.05, 3.63) is 71.6 Å². The molecule has 3 rings (SSSR count). The van der Waals surface area contributed by atoms with Crippen LogP contribution in [0.2, 0.25) is 0 Å². The number of nitrogens with zero attached hydrogens (tertiary/aromatic N) is 1. The Labute approximate surface area is 169 Å². The van der Waals surface area contributed by atoms with Gasteiger partial charge >= 0.3 is 0 Å². The van der Waals surface area contributed by atoms with E-state index >= 15 is 0 Å². The molecule has 0 atom stereocenters. The first-order valence-corrected chi connectivity index (χ1v) is 9.47. The molecule has 1 heterocycles. The van der Waals surface area contributed by atoms with Gasteiger partial charge in [-0.1, -0.05) is 18.2 Å². The molecule has 4 N–H and O–H groups in total. The number of hydrogen-bond donors (Lipinski definition) is 4. The molecular weight excluding hydrogens is 370 g/mol. The van der Waals surface area contributed by atoms with E-state index in [0.717, 1.165) is 11.4 Å². The predicted octanol–water partition coefficient (Wildman–Crippen LogP) is 1.69. The van der Waals surface area contributed by atoms with Crippen LogP contribution in [0.1, 0.15) is 24.2 Å². The van der Waals surface area contributed by atoms with E-state index in [1.54, 1.807) is 29.4 Å². The molecule has 0 unspecified atom stereocenters. The summed E-state index contributed by atoms with van der Waals surface area (Å²) in [5.74, 6) is 0.277. The third kappa shape index (κ3) is 5.19. The third-order valence-corrected chi connectivity index (χ3v) is 4.24. The average Bonchev–Trinajstić information content (AvgIpc) is 3.14. The van der Waals surface area contributed by atoms with Crippen molar-refractivity contribution in [2.45, 2.75) is 13.8 Å². The van der Waals surface area contributed by atoms with Crippen LogP contribution >= 0.6 is 0 Å². The zero-order chi connectivity index (χ0) is 20.6. The van der Waals surface area contributed by atoms with Crippen molar-refractivity contribution in [1.82, 2.24) is 21.5 Å². The normalized spacial score (nSPS) is 12.8. The lowest BCUT2D eigenvalue weighted by Gasteiger charge is -2.19. The van der Waals surface area contributed by atoms with Gasteiger partial charge in [-0.2, -0.15) is 5.12 Å². The lowest BCUT2D eigenvalue weighted by atomic mass is 10.2. The number of ether oxygens (including phenoxy) is 1. The van der Waals surface area contributed by atoms with E-state index in [2.05, 4.69) is 21.5 Å². The molecule has 0 aromatic heterocycles. The summed E-state index contributed by atoms with van der Waals surface area (Å²) in [6, 6.07) is 16.5. The van der Waals surface area contributed by atoms with E-state index in [9.17, 15) is 9.59 Å². The van der Waals surface area contributed by atoms with E-state index in [1.807, 2.05) is 44.2 Å². The van der Waals surface area contributed by atoms with E-state index < -0.39 is 0 Å². The highest BCUT2D eigenvalue weighted by Crippen LogP contribution is 2.16. The van der Waals surface area contributed by atoms with Gasteiger partial charge in [-0.25, -0.2) is 0 Å². The third-order valence-electron chi connectivity index (χ3n) is 4.24. The largest absolute Gasteiger partial charge is 0.494 e. The first-order chi connectivity index (χ1) is 14.1. The number of nitrogens with one attached hydrogen (secondary N) is 4. The van der Waals surface area contributed by atoms with Crippen molar-refractivity contribution in [3.8, 4) is 5.75 Å². The maximum Gasteiger partial charge on any atom is 0.271 e. The Balaban J connectivity index is 1.43. The monoisotopic (exact) mass is 395 g/mol. The molecule has 0 saturated carbocycles. The number of rotatable bonds is 8. The Bertz CT molecular complexity index is 881. The predicted molar refractivity (Wildman–Crippen MR) is 111 cm³/mol. The van der Waals surface area contributed by atoms with Crippen LogP contribution in [0.3, 0.4) is 0 Å². The van der Waals surface area contributed by atoms with Gasteiger partial charge in [0.2, 0.25) is 0 Å². The Kier molecular flexibility index (Phi) is 6.57. The second-order valence-corrected chi connectivity index (χ2v) is 6.36. The summed E-state index contributed by atoms with van der Waals surface area (Å²) in [7, 11) is 0. The van der Waals surface area contributed by atoms with Gasteiger partial charge in [-0.3, -0.25) is 20.4 Å². The second kappa shape index (κ2) is 9.50. The van der Waals surface area contributed by atoms with Gasteiger partial charge in [-0.15, -0.1) is 0 Å². The summed E-state index contributed by atoms with van der Waals surface area (Å²) in [5.41, 5.74) is 8.72. The minimum atomic E-state index is -0.247. The van der Waals surface area contributed by atoms with E-state index in [-0.39, 0.29) is 11.8 Å². The van der Waals surface area contributed by atoms with Gasteiger partial charge in [0.05, 0.1) is 18.0 Å². The van der Waals surface area contributed by atoms with Gasteiger partial charge in [0, 0.05) is 18.7 Å². The molecule has 8 heteroatoms. The standard InChI is InChI=1S/C21H25N5O3/c1-3-29-18-11-9-16(10-12-18)20(27)22-13-14-23-21(28)19-15(2)24-26(25-19)17-7-5-4-6-8-17/h4-12,24-25H,3,13-14H2,1-2H3,(H,22,27)(H,23,28). The number of allylic oxidation sites excluding steroid dienone is 1. The molecular formula is C21H25N5O3. The van der Waals surface area contributed by atoms with Crippen LogP contribution < -0.4 is 31.3 Å². The van der Waals surface area contributed by atoms with Gasteiger partial charge in [-0.05, 0) is 50.2 Å². The van der Waals surface area contributed by atoms with Crippen LogP contribution in [-0.2, 0) is 4.79 Å². The minimum Gasteiger partial charge on any atom is -0.494 e. The van der Waals surface area contributed by atoms with Gasteiger partial charge < -0.3 is 15.4 Å². The zero-order valence-corrected chi connectivity index (χ0v) is 16.5. The molecule has 0 bridgehead atoms. The number of hydrazine groups is 2. The Morgan fingerprint density at radius 2 is 1.59 bits per heavy atom. The Morgan fingerprint density at radius 1 is 0.931 bits per heavy atom. The van der Waals surface area contributed by atoms with E-state index in [4.69, 9.17) is 4.74 Å². The summed E-state index contributed by atoms with van der Waals surface area (Å²) in [6.07, 6.45) is 0. The number of hydrogen-bond acceptors (Lipinski definition) is 6. The molecule has 2 aromatic rings. The number of carbonyl (C=O) groups is 2. The molecule has 1 aliphatic heterocycles. The Morgan fingerprint density at radius 3 is 2.24 bits per heavy atom. The first-order valence-electron chi connectivity index (χ1n) is 9.47. The molecule has 2 aromatic carbocycles. The van der Waals surface area contributed by atoms with Gasteiger partial charge in [0.25, 0.3) is 11.8 Å². The van der Waals surface area contributed by atoms with Crippen LogP contribution in [0.5, 0.6) is 5.75 Å². The number of carbonyl (C=O) groups excluding carboxylic acids is 2.